The first-order chi connectivity index (χ1) is 12.0. The third-order valence-corrected chi connectivity index (χ3v) is 4.65. The minimum absolute atomic E-state index is 0.0578. The predicted octanol–water partition coefficient (Wildman–Crippen LogP) is 4.01. The number of nitrogens with one attached hydrogen (secondary N) is 1. The minimum atomic E-state index is -0.0578. The Morgan fingerprint density at radius 2 is 1.88 bits per heavy atom. The molecule has 0 aliphatic carbocycles. The number of nitrogens with zero attached hydrogens (tertiary/aromatic N) is 1. The molecule has 0 saturated heterocycles. The summed E-state index contributed by atoms with van der Waals surface area (Å²) in [5.74, 6) is 1.05. The Labute approximate surface area is 152 Å². The zero-order valence-electron chi connectivity index (χ0n) is 15.7. The molecule has 0 radical (unpaired) electrons. The smallest absolute Gasteiger partial charge is 0.123 e. The maximum atomic E-state index is 5.94. The molecule has 3 rings (SSSR count). The van der Waals surface area contributed by atoms with Gasteiger partial charge in [-0.25, -0.2) is 0 Å². The fourth-order valence-corrected chi connectivity index (χ4v) is 3.45. The molecule has 0 unspecified atom stereocenters. The van der Waals surface area contributed by atoms with Crippen LogP contribution in [0.15, 0.2) is 48.5 Å². The van der Waals surface area contributed by atoms with Gasteiger partial charge in [0, 0.05) is 19.5 Å². The van der Waals surface area contributed by atoms with Crippen molar-refractivity contribution in [3.8, 4) is 5.75 Å². The van der Waals surface area contributed by atoms with Crippen LogP contribution in [-0.2, 0) is 19.5 Å². The normalized spacial score (nSPS) is 15.2. The third kappa shape index (κ3) is 5.32. The lowest BCUT2D eigenvalue weighted by atomic mass is 10.0. The Bertz CT molecular complexity index is 682. The van der Waals surface area contributed by atoms with Crippen molar-refractivity contribution in [1.82, 2.24) is 10.2 Å². The van der Waals surface area contributed by atoms with Crippen LogP contribution in [0.25, 0.3) is 0 Å². The first-order valence-electron chi connectivity index (χ1n) is 9.26. The molecule has 3 heteroatoms. The molecule has 2 aromatic carbocycles. The molecule has 2 aromatic rings. The van der Waals surface area contributed by atoms with Crippen LogP contribution in [0, 0.1) is 0 Å². The summed E-state index contributed by atoms with van der Waals surface area (Å²) in [5, 5.41) is 3.57. The summed E-state index contributed by atoms with van der Waals surface area (Å²) < 4.78 is 5.94. The van der Waals surface area contributed by atoms with Gasteiger partial charge >= 0.3 is 0 Å². The van der Waals surface area contributed by atoms with E-state index in [2.05, 4.69) is 79.6 Å². The highest BCUT2D eigenvalue weighted by atomic mass is 16.5. The Balaban J connectivity index is 1.35. The summed E-state index contributed by atoms with van der Waals surface area (Å²) in [7, 11) is 2.19. The molecule has 3 nitrogen and oxygen atoms in total. The fourth-order valence-electron chi connectivity index (χ4n) is 3.45. The van der Waals surface area contributed by atoms with Crippen LogP contribution in [0.3, 0.4) is 0 Å². The van der Waals surface area contributed by atoms with E-state index in [4.69, 9.17) is 4.74 Å². The van der Waals surface area contributed by atoms with Crippen molar-refractivity contribution < 1.29 is 4.74 Å². The molecule has 0 bridgehead atoms. The van der Waals surface area contributed by atoms with Gasteiger partial charge in [0.15, 0.2) is 0 Å². The molecule has 0 aromatic heterocycles. The maximum absolute atomic E-state index is 5.94. The SMILES string of the molecule is CN(CCCNCc1ccc2c(c1)CC(C)(C)O2)Cc1ccccc1. The Morgan fingerprint density at radius 3 is 2.68 bits per heavy atom. The Kier molecular flexibility index (Phi) is 5.77. The average Bonchev–Trinajstić information content (AvgIpc) is 2.88. The second-order valence-corrected chi connectivity index (χ2v) is 7.73. The van der Waals surface area contributed by atoms with Crippen LogP contribution in [0.1, 0.15) is 37.0 Å². The number of ether oxygens (including phenoxy) is 1. The summed E-state index contributed by atoms with van der Waals surface area (Å²) in [4.78, 5) is 2.38. The van der Waals surface area contributed by atoms with Crippen LogP contribution in [0.2, 0.25) is 0 Å². The summed E-state index contributed by atoms with van der Waals surface area (Å²) in [6, 6.07) is 17.2. The molecule has 0 atom stereocenters. The second kappa shape index (κ2) is 8.03. The molecule has 25 heavy (non-hydrogen) atoms. The largest absolute Gasteiger partial charge is 0.487 e. The minimum Gasteiger partial charge on any atom is -0.487 e. The number of fused-ring (bicyclic) bond motifs is 1. The Morgan fingerprint density at radius 1 is 1.08 bits per heavy atom. The molecule has 0 saturated carbocycles. The van der Waals surface area contributed by atoms with E-state index in [-0.39, 0.29) is 5.60 Å². The zero-order valence-corrected chi connectivity index (χ0v) is 15.7. The van der Waals surface area contributed by atoms with E-state index in [1.165, 1.54) is 16.7 Å². The maximum Gasteiger partial charge on any atom is 0.123 e. The lowest BCUT2D eigenvalue weighted by molar-refractivity contribution is 0.138. The van der Waals surface area contributed by atoms with E-state index in [9.17, 15) is 0 Å². The van der Waals surface area contributed by atoms with E-state index in [0.717, 1.165) is 44.8 Å². The van der Waals surface area contributed by atoms with Crippen LogP contribution in [-0.4, -0.2) is 30.6 Å². The lowest BCUT2D eigenvalue weighted by Crippen LogP contribution is -2.24. The average molecular weight is 338 g/mol. The molecule has 1 aliphatic heterocycles. The molecule has 0 spiro atoms. The Hall–Kier alpha value is -1.84. The van der Waals surface area contributed by atoms with Gasteiger partial charge in [0.05, 0.1) is 0 Å². The zero-order chi connectivity index (χ0) is 17.7. The van der Waals surface area contributed by atoms with Crippen LogP contribution in [0.5, 0.6) is 5.75 Å². The standard InChI is InChI=1S/C22H30N2O/c1-22(2)15-20-14-19(10-11-21(20)25-22)16-23-12-7-13-24(3)17-18-8-5-4-6-9-18/h4-6,8-11,14,23H,7,12-13,15-17H2,1-3H3. The highest BCUT2D eigenvalue weighted by Crippen LogP contribution is 2.35. The van der Waals surface area contributed by atoms with Gasteiger partial charge in [-0.2, -0.15) is 0 Å². The second-order valence-electron chi connectivity index (χ2n) is 7.73. The van der Waals surface area contributed by atoms with Crippen molar-refractivity contribution in [2.75, 3.05) is 20.1 Å². The van der Waals surface area contributed by atoms with Crippen molar-refractivity contribution in [1.29, 1.82) is 0 Å². The highest BCUT2D eigenvalue weighted by molar-refractivity contribution is 5.41. The number of hydrogen-bond acceptors (Lipinski definition) is 3. The topological polar surface area (TPSA) is 24.5 Å². The van der Waals surface area contributed by atoms with E-state index in [0.29, 0.717) is 0 Å². The number of hydrogen-bond donors (Lipinski definition) is 1. The van der Waals surface area contributed by atoms with Gasteiger partial charge in [0.2, 0.25) is 0 Å². The van der Waals surface area contributed by atoms with Gasteiger partial charge in [-0.05, 0) is 63.2 Å². The van der Waals surface area contributed by atoms with E-state index >= 15 is 0 Å². The summed E-state index contributed by atoms with van der Waals surface area (Å²) in [6.07, 6.45) is 2.16. The summed E-state index contributed by atoms with van der Waals surface area (Å²) in [5.41, 5.74) is 4.00. The molecule has 1 heterocycles. The van der Waals surface area contributed by atoms with Crippen molar-refractivity contribution in [3.05, 3.63) is 65.2 Å². The molecular formula is C22H30N2O. The van der Waals surface area contributed by atoms with Crippen molar-refractivity contribution in [3.63, 3.8) is 0 Å². The van der Waals surface area contributed by atoms with Crippen molar-refractivity contribution >= 4 is 0 Å². The highest BCUT2D eigenvalue weighted by Gasteiger charge is 2.29. The molecule has 134 valence electrons. The van der Waals surface area contributed by atoms with Gasteiger partial charge in [0.25, 0.3) is 0 Å². The van der Waals surface area contributed by atoms with Gasteiger partial charge in [-0.1, -0.05) is 42.5 Å². The van der Waals surface area contributed by atoms with Gasteiger partial charge < -0.3 is 15.0 Å². The first kappa shape index (κ1) is 18.0. The van der Waals surface area contributed by atoms with Crippen molar-refractivity contribution in [2.45, 2.75) is 45.4 Å². The molecular weight excluding hydrogens is 308 g/mol. The van der Waals surface area contributed by atoms with Crippen LogP contribution in [0.4, 0.5) is 0 Å². The fraction of sp³-hybridized carbons (Fsp3) is 0.455. The molecule has 0 amide bonds. The van der Waals surface area contributed by atoms with Crippen LogP contribution >= 0.6 is 0 Å². The first-order valence-corrected chi connectivity index (χ1v) is 9.26. The van der Waals surface area contributed by atoms with Crippen LogP contribution < -0.4 is 10.1 Å². The summed E-state index contributed by atoms with van der Waals surface area (Å²) in [6.45, 7) is 8.39. The lowest BCUT2D eigenvalue weighted by Gasteiger charge is -2.16. The van der Waals surface area contributed by atoms with Crippen molar-refractivity contribution in [2.24, 2.45) is 0 Å². The van der Waals surface area contributed by atoms with Gasteiger partial charge in [0.1, 0.15) is 11.4 Å². The monoisotopic (exact) mass is 338 g/mol. The van der Waals surface area contributed by atoms with E-state index in [1.54, 1.807) is 0 Å². The molecule has 0 fully saturated rings. The molecule has 1 N–H and O–H groups in total. The quantitative estimate of drug-likeness (QED) is 0.736. The number of rotatable bonds is 8. The van der Waals surface area contributed by atoms with E-state index in [1.807, 2.05) is 0 Å². The van der Waals surface area contributed by atoms with Gasteiger partial charge in [-0.15, -0.1) is 0 Å². The third-order valence-electron chi connectivity index (χ3n) is 4.65. The predicted molar refractivity (Wildman–Crippen MR) is 104 cm³/mol. The number of benzene rings is 2. The summed E-state index contributed by atoms with van der Waals surface area (Å²) >= 11 is 0. The van der Waals surface area contributed by atoms with Gasteiger partial charge in [-0.3, -0.25) is 0 Å². The molecule has 1 aliphatic rings. The van der Waals surface area contributed by atoms with E-state index < -0.39 is 0 Å².